The average molecular weight is 287 g/mol. The highest BCUT2D eigenvalue weighted by Crippen LogP contribution is 2.17. The van der Waals surface area contributed by atoms with Gasteiger partial charge in [-0.05, 0) is 37.1 Å². The number of anilines is 1. The van der Waals surface area contributed by atoms with Gasteiger partial charge in [-0.2, -0.15) is 5.26 Å². The monoisotopic (exact) mass is 287 g/mol. The van der Waals surface area contributed by atoms with Gasteiger partial charge in [-0.1, -0.05) is 0 Å². The Morgan fingerprint density at radius 2 is 1.90 bits per heavy atom. The lowest BCUT2D eigenvalue weighted by molar-refractivity contribution is -0.145. The summed E-state index contributed by atoms with van der Waals surface area (Å²) in [6.07, 6.45) is 1.02. The van der Waals surface area contributed by atoms with Gasteiger partial charge >= 0.3 is 5.97 Å². The Bertz CT molecular complexity index is 555. The standard InChI is InChI=1S/C15H17N3O3/c16-9-11-1-3-13(4-2-11)17-10-14(19)18-7-5-12(6-8-18)15(20)21/h1-4,12,17H,5-8,10H2,(H,20,21). The average Bonchev–Trinajstić information content (AvgIpc) is 2.53. The van der Waals surface area contributed by atoms with E-state index >= 15 is 0 Å². The molecular formula is C15H17N3O3. The van der Waals surface area contributed by atoms with E-state index in [2.05, 4.69) is 5.32 Å². The number of nitrogens with zero attached hydrogens (tertiary/aromatic N) is 2. The van der Waals surface area contributed by atoms with E-state index in [-0.39, 0.29) is 18.4 Å². The molecule has 1 fully saturated rings. The van der Waals surface area contributed by atoms with Gasteiger partial charge in [0.2, 0.25) is 5.91 Å². The highest BCUT2D eigenvalue weighted by atomic mass is 16.4. The molecule has 1 saturated heterocycles. The minimum atomic E-state index is -0.780. The van der Waals surface area contributed by atoms with Gasteiger partial charge in [-0.3, -0.25) is 9.59 Å². The van der Waals surface area contributed by atoms with E-state index in [0.29, 0.717) is 31.5 Å². The lowest BCUT2D eigenvalue weighted by Gasteiger charge is -2.30. The van der Waals surface area contributed by atoms with Crippen molar-refractivity contribution in [3.63, 3.8) is 0 Å². The fraction of sp³-hybridized carbons (Fsp3) is 0.400. The number of carboxylic acids is 1. The molecule has 1 aliphatic heterocycles. The zero-order valence-electron chi connectivity index (χ0n) is 11.6. The second-order valence-electron chi connectivity index (χ2n) is 5.04. The Labute approximate surface area is 123 Å². The molecule has 1 aromatic rings. The molecule has 2 rings (SSSR count). The Morgan fingerprint density at radius 1 is 1.29 bits per heavy atom. The second kappa shape index (κ2) is 6.75. The van der Waals surface area contributed by atoms with Crippen LogP contribution < -0.4 is 5.32 Å². The molecule has 6 nitrogen and oxygen atoms in total. The highest BCUT2D eigenvalue weighted by Gasteiger charge is 2.26. The van der Waals surface area contributed by atoms with Crippen LogP contribution in [0.25, 0.3) is 0 Å². The first-order valence-corrected chi connectivity index (χ1v) is 6.85. The molecule has 1 aromatic carbocycles. The number of likely N-dealkylation sites (tertiary alicyclic amines) is 1. The van der Waals surface area contributed by atoms with Gasteiger partial charge < -0.3 is 15.3 Å². The molecule has 110 valence electrons. The minimum Gasteiger partial charge on any atom is -0.481 e. The Kier molecular flexibility index (Phi) is 4.77. The molecule has 0 saturated carbocycles. The van der Waals surface area contributed by atoms with Crippen LogP contribution in [0.3, 0.4) is 0 Å². The van der Waals surface area contributed by atoms with Crippen molar-refractivity contribution in [2.75, 3.05) is 25.0 Å². The number of hydrogen-bond donors (Lipinski definition) is 2. The molecule has 21 heavy (non-hydrogen) atoms. The number of nitrogens with one attached hydrogen (secondary N) is 1. The van der Waals surface area contributed by atoms with E-state index in [9.17, 15) is 9.59 Å². The number of carbonyl (C=O) groups excluding carboxylic acids is 1. The molecule has 1 aliphatic rings. The summed E-state index contributed by atoms with van der Waals surface area (Å²) in [6.45, 7) is 1.15. The molecule has 6 heteroatoms. The second-order valence-corrected chi connectivity index (χ2v) is 5.04. The number of piperidine rings is 1. The van der Waals surface area contributed by atoms with Crippen molar-refractivity contribution in [2.45, 2.75) is 12.8 Å². The third-order valence-electron chi connectivity index (χ3n) is 3.65. The van der Waals surface area contributed by atoms with Gasteiger partial charge in [0, 0.05) is 18.8 Å². The highest BCUT2D eigenvalue weighted by molar-refractivity contribution is 5.81. The van der Waals surface area contributed by atoms with E-state index < -0.39 is 5.97 Å². The predicted molar refractivity (Wildman–Crippen MR) is 76.6 cm³/mol. The van der Waals surface area contributed by atoms with Crippen LogP contribution in [-0.4, -0.2) is 41.5 Å². The first kappa shape index (κ1) is 14.9. The van der Waals surface area contributed by atoms with Crippen LogP contribution in [0.15, 0.2) is 24.3 Å². The quantitative estimate of drug-likeness (QED) is 0.870. The number of carboxylic acid groups (broad SMARTS) is 1. The van der Waals surface area contributed by atoms with Crippen molar-refractivity contribution in [1.82, 2.24) is 4.90 Å². The molecule has 0 spiro atoms. The summed E-state index contributed by atoms with van der Waals surface area (Å²) in [5.41, 5.74) is 1.35. The number of amides is 1. The SMILES string of the molecule is N#Cc1ccc(NCC(=O)N2CCC(C(=O)O)CC2)cc1. The third-order valence-corrected chi connectivity index (χ3v) is 3.65. The fourth-order valence-corrected chi connectivity index (χ4v) is 2.33. The third kappa shape index (κ3) is 3.96. The molecular weight excluding hydrogens is 270 g/mol. The molecule has 0 bridgehead atoms. The molecule has 0 radical (unpaired) electrons. The van der Waals surface area contributed by atoms with Crippen molar-refractivity contribution in [3.8, 4) is 6.07 Å². The van der Waals surface area contributed by atoms with Gasteiger partial charge in [0.05, 0.1) is 24.1 Å². The number of aliphatic carboxylic acids is 1. The maximum atomic E-state index is 12.0. The summed E-state index contributed by atoms with van der Waals surface area (Å²) in [5, 5.41) is 20.6. The summed E-state index contributed by atoms with van der Waals surface area (Å²) in [7, 11) is 0. The Balaban J connectivity index is 1.80. The lowest BCUT2D eigenvalue weighted by atomic mass is 9.97. The van der Waals surface area contributed by atoms with E-state index in [1.165, 1.54) is 0 Å². The molecule has 1 heterocycles. The summed E-state index contributed by atoms with van der Waals surface area (Å²) in [5.74, 6) is -1.15. The number of rotatable bonds is 4. The molecule has 0 aliphatic carbocycles. The van der Waals surface area contributed by atoms with Gasteiger partial charge in [0.25, 0.3) is 0 Å². The van der Waals surface area contributed by atoms with Crippen LogP contribution >= 0.6 is 0 Å². The minimum absolute atomic E-state index is 0.0387. The summed E-state index contributed by atoms with van der Waals surface area (Å²) < 4.78 is 0. The molecule has 1 amide bonds. The van der Waals surface area contributed by atoms with E-state index in [1.807, 2.05) is 6.07 Å². The van der Waals surface area contributed by atoms with E-state index in [0.717, 1.165) is 5.69 Å². The van der Waals surface area contributed by atoms with Crippen LogP contribution in [0.1, 0.15) is 18.4 Å². The Morgan fingerprint density at radius 3 is 2.43 bits per heavy atom. The van der Waals surface area contributed by atoms with Crippen molar-refractivity contribution in [3.05, 3.63) is 29.8 Å². The van der Waals surface area contributed by atoms with Crippen molar-refractivity contribution in [1.29, 1.82) is 5.26 Å². The molecule has 0 atom stereocenters. The predicted octanol–water partition coefficient (Wildman–Crippen LogP) is 1.29. The maximum Gasteiger partial charge on any atom is 0.306 e. The van der Waals surface area contributed by atoms with Crippen LogP contribution in [0.4, 0.5) is 5.69 Å². The number of carbonyl (C=O) groups is 2. The maximum absolute atomic E-state index is 12.0. The largest absolute Gasteiger partial charge is 0.481 e. The van der Waals surface area contributed by atoms with Gasteiger partial charge in [0.1, 0.15) is 0 Å². The molecule has 0 unspecified atom stereocenters. The smallest absolute Gasteiger partial charge is 0.306 e. The van der Waals surface area contributed by atoms with Gasteiger partial charge in [0.15, 0.2) is 0 Å². The summed E-state index contributed by atoms with van der Waals surface area (Å²) >= 11 is 0. The lowest BCUT2D eigenvalue weighted by Crippen LogP contribution is -2.42. The normalized spacial score (nSPS) is 15.3. The van der Waals surface area contributed by atoms with E-state index in [1.54, 1.807) is 29.2 Å². The molecule has 2 N–H and O–H groups in total. The summed E-state index contributed by atoms with van der Waals surface area (Å²) in [4.78, 5) is 24.6. The summed E-state index contributed by atoms with van der Waals surface area (Å²) in [6, 6.07) is 8.91. The van der Waals surface area contributed by atoms with Crippen LogP contribution in [0, 0.1) is 17.2 Å². The van der Waals surface area contributed by atoms with E-state index in [4.69, 9.17) is 10.4 Å². The molecule has 0 aromatic heterocycles. The number of hydrogen-bond acceptors (Lipinski definition) is 4. The van der Waals surface area contributed by atoms with Crippen LogP contribution in [-0.2, 0) is 9.59 Å². The first-order valence-electron chi connectivity index (χ1n) is 6.85. The van der Waals surface area contributed by atoms with Gasteiger partial charge in [-0.25, -0.2) is 0 Å². The Hall–Kier alpha value is -2.55. The zero-order valence-corrected chi connectivity index (χ0v) is 11.6. The van der Waals surface area contributed by atoms with Gasteiger partial charge in [-0.15, -0.1) is 0 Å². The van der Waals surface area contributed by atoms with Crippen molar-refractivity contribution >= 4 is 17.6 Å². The van der Waals surface area contributed by atoms with Crippen LogP contribution in [0.5, 0.6) is 0 Å². The first-order chi connectivity index (χ1) is 10.1. The topological polar surface area (TPSA) is 93.4 Å². The number of nitriles is 1. The van der Waals surface area contributed by atoms with Crippen molar-refractivity contribution in [2.24, 2.45) is 5.92 Å². The zero-order chi connectivity index (χ0) is 15.2. The number of benzene rings is 1. The van der Waals surface area contributed by atoms with Crippen LogP contribution in [0.2, 0.25) is 0 Å². The van der Waals surface area contributed by atoms with Crippen molar-refractivity contribution < 1.29 is 14.7 Å². The fourth-order valence-electron chi connectivity index (χ4n) is 2.33.